The van der Waals surface area contributed by atoms with Crippen LogP contribution in [0.5, 0.6) is 0 Å². The number of hydrogen-bond donors (Lipinski definition) is 3. The first-order chi connectivity index (χ1) is 9.75. The van der Waals surface area contributed by atoms with Gasteiger partial charge in [0.1, 0.15) is 0 Å². The van der Waals surface area contributed by atoms with Crippen LogP contribution < -0.4 is 16.6 Å². The summed E-state index contributed by atoms with van der Waals surface area (Å²) < 4.78 is 0. The van der Waals surface area contributed by atoms with Crippen LogP contribution in [-0.4, -0.2) is 36.5 Å². The monoisotopic (exact) mass is 274 g/mol. The predicted molar refractivity (Wildman–Crippen MR) is 77.6 cm³/mol. The Labute approximate surface area is 119 Å². The van der Waals surface area contributed by atoms with Crippen LogP contribution in [0.2, 0.25) is 0 Å². The van der Waals surface area contributed by atoms with Crippen molar-refractivity contribution in [2.24, 2.45) is 11.7 Å². The van der Waals surface area contributed by atoms with Crippen LogP contribution in [0.4, 0.5) is 0 Å². The zero-order valence-corrected chi connectivity index (χ0v) is 11.6. The highest BCUT2D eigenvalue weighted by Crippen LogP contribution is 2.27. The Morgan fingerprint density at radius 3 is 2.85 bits per heavy atom. The van der Waals surface area contributed by atoms with Gasteiger partial charge in [-0.05, 0) is 18.4 Å². The number of carbonyl (C=O) groups excluding carboxylic acids is 1. The number of amides is 1. The van der Waals surface area contributed by atoms with Gasteiger partial charge in [0.15, 0.2) is 0 Å². The van der Waals surface area contributed by atoms with Crippen LogP contribution in [0.15, 0.2) is 30.3 Å². The normalized spacial score (nSPS) is 30.4. The van der Waals surface area contributed by atoms with E-state index in [-0.39, 0.29) is 23.9 Å². The summed E-state index contributed by atoms with van der Waals surface area (Å²) in [5, 5.41) is 0. The number of hydrazine groups is 1. The summed E-state index contributed by atoms with van der Waals surface area (Å²) in [6, 6.07) is 10.3. The average molecular weight is 274 g/mol. The van der Waals surface area contributed by atoms with Crippen molar-refractivity contribution in [2.45, 2.75) is 24.9 Å². The summed E-state index contributed by atoms with van der Waals surface area (Å²) in [5.41, 5.74) is 13.5. The number of nitrogens with two attached hydrogens (primary N) is 1. The maximum Gasteiger partial charge on any atom is 0.229 e. The standard InChI is InChI=1S/C15H22N4O/c16-12-7-4-8-19(10-12)15(20)13-9-17-18-14(13)11-5-2-1-3-6-11/h1-3,5-6,12-14,17-18H,4,7-10,16H2. The van der Waals surface area contributed by atoms with Gasteiger partial charge in [-0.25, -0.2) is 5.43 Å². The number of rotatable bonds is 2. The van der Waals surface area contributed by atoms with Crippen molar-refractivity contribution in [3.63, 3.8) is 0 Å². The summed E-state index contributed by atoms with van der Waals surface area (Å²) in [6.07, 6.45) is 2.03. The first kappa shape index (κ1) is 13.5. The summed E-state index contributed by atoms with van der Waals surface area (Å²) in [7, 11) is 0. The Morgan fingerprint density at radius 2 is 2.10 bits per heavy atom. The van der Waals surface area contributed by atoms with E-state index in [9.17, 15) is 4.79 Å². The van der Waals surface area contributed by atoms with Gasteiger partial charge in [-0.15, -0.1) is 0 Å². The molecule has 0 spiro atoms. The Balaban J connectivity index is 1.73. The molecule has 20 heavy (non-hydrogen) atoms. The van der Waals surface area contributed by atoms with Crippen LogP contribution in [0.3, 0.4) is 0 Å². The highest BCUT2D eigenvalue weighted by atomic mass is 16.2. The third-order valence-corrected chi connectivity index (χ3v) is 4.23. The average Bonchev–Trinajstić information content (AvgIpc) is 2.97. The number of nitrogens with zero attached hydrogens (tertiary/aromatic N) is 1. The molecule has 0 aliphatic carbocycles. The first-order valence-corrected chi connectivity index (χ1v) is 7.33. The molecule has 2 saturated heterocycles. The van der Waals surface area contributed by atoms with E-state index in [1.807, 2.05) is 23.1 Å². The molecule has 3 atom stereocenters. The second-order valence-corrected chi connectivity index (χ2v) is 5.71. The summed E-state index contributed by atoms with van der Waals surface area (Å²) in [5.74, 6) is 0.161. The molecular weight excluding hydrogens is 252 g/mol. The van der Waals surface area contributed by atoms with Gasteiger partial charge in [-0.2, -0.15) is 0 Å². The largest absolute Gasteiger partial charge is 0.341 e. The van der Waals surface area contributed by atoms with E-state index < -0.39 is 0 Å². The number of piperidine rings is 1. The van der Waals surface area contributed by atoms with Crippen molar-refractivity contribution in [1.82, 2.24) is 15.8 Å². The van der Waals surface area contributed by atoms with Gasteiger partial charge >= 0.3 is 0 Å². The molecule has 2 fully saturated rings. The lowest BCUT2D eigenvalue weighted by Crippen LogP contribution is -2.48. The van der Waals surface area contributed by atoms with Crippen molar-refractivity contribution < 1.29 is 4.79 Å². The number of carbonyl (C=O) groups is 1. The molecule has 3 rings (SSSR count). The van der Waals surface area contributed by atoms with E-state index >= 15 is 0 Å². The molecular formula is C15H22N4O. The summed E-state index contributed by atoms with van der Waals surface area (Å²) >= 11 is 0. The second kappa shape index (κ2) is 5.91. The molecule has 0 bridgehead atoms. The molecule has 0 saturated carbocycles. The molecule has 108 valence electrons. The van der Waals surface area contributed by atoms with Crippen molar-refractivity contribution in [3.05, 3.63) is 35.9 Å². The van der Waals surface area contributed by atoms with Crippen LogP contribution >= 0.6 is 0 Å². The Morgan fingerprint density at radius 1 is 1.30 bits per heavy atom. The molecule has 1 aromatic rings. The number of likely N-dealkylation sites (tertiary alicyclic amines) is 1. The lowest BCUT2D eigenvalue weighted by Gasteiger charge is -2.33. The smallest absolute Gasteiger partial charge is 0.229 e. The Hall–Kier alpha value is -1.43. The SMILES string of the molecule is NC1CCCN(C(=O)C2CNNC2c2ccccc2)C1. The molecule has 0 aromatic heterocycles. The van der Waals surface area contributed by atoms with Gasteiger partial charge in [0, 0.05) is 25.7 Å². The van der Waals surface area contributed by atoms with Gasteiger partial charge in [0.25, 0.3) is 0 Å². The van der Waals surface area contributed by atoms with Crippen molar-refractivity contribution in [2.75, 3.05) is 19.6 Å². The van der Waals surface area contributed by atoms with Gasteiger partial charge in [0.05, 0.1) is 12.0 Å². The Kier molecular flexibility index (Phi) is 4.00. The fraction of sp³-hybridized carbons (Fsp3) is 0.533. The molecule has 5 nitrogen and oxygen atoms in total. The number of benzene rings is 1. The zero-order valence-electron chi connectivity index (χ0n) is 11.6. The predicted octanol–water partition coefficient (Wildman–Crippen LogP) is 0.401. The summed E-state index contributed by atoms with van der Waals surface area (Å²) in [6.45, 7) is 2.20. The van der Waals surface area contributed by atoms with Gasteiger partial charge < -0.3 is 10.6 Å². The molecule has 0 radical (unpaired) electrons. The van der Waals surface area contributed by atoms with Gasteiger partial charge in [-0.1, -0.05) is 30.3 Å². The quantitative estimate of drug-likeness (QED) is 0.730. The highest BCUT2D eigenvalue weighted by molar-refractivity contribution is 5.80. The molecule has 4 N–H and O–H groups in total. The van der Waals surface area contributed by atoms with Crippen LogP contribution in [-0.2, 0) is 4.79 Å². The minimum absolute atomic E-state index is 0.0434. The fourth-order valence-electron chi connectivity index (χ4n) is 3.15. The van der Waals surface area contributed by atoms with Crippen LogP contribution in [0.1, 0.15) is 24.4 Å². The van der Waals surface area contributed by atoms with E-state index in [0.29, 0.717) is 13.1 Å². The van der Waals surface area contributed by atoms with Crippen LogP contribution in [0.25, 0.3) is 0 Å². The highest BCUT2D eigenvalue weighted by Gasteiger charge is 2.37. The molecule has 2 heterocycles. The molecule has 3 unspecified atom stereocenters. The zero-order chi connectivity index (χ0) is 13.9. The topological polar surface area (TPSA) is 70.4 Å². The third kappa shape index (κ3) is 2.70. The van der Waals surface area contributed by atoms with E-state index in [0.717, 1.165) is 24.9 Å². The third-order valence-electron chi connectivity index (χ3n) is 4.23. The van der Waals surface area contributed by atoms with Gasteiger partial charge in [-0.3, -0.25) is 10.2 Å². The van der Waals surface area contributed by atoms with E-state index in [1.54, 1.807) is 0 Å². The second-order valence-electron chi connectivity index (χ2n) is 5.71. The fourth-order valence-corrected chi connectivity index (χ4v) is 3.15. The van der Waals surface area contributed by atoms with E-state index in [2.05, 4.69) is 23.0 Å². The molecule has 1 aromatic carbocycles. The van der Waals surface area contributed by atoms with E-state index in [4.69, 9.17) is 5.73 Å². The number of nitrogens with one attached hydrogen (secondary N) is 2. The maximum atomic E-state index is 12.7. The first-order valence-electron chi connectivity index (χ1n) is 7.33. The minimum atomic E-state index is -0.0531. The minimum Gasteiger partial charge on any atom is -0.341 e. The van der Waals surface area contributed by atoms with Gasteiger partial charge in [0.2, 0.25) is 5.91 Å². The van der Waals surface area contributed by atoms with Crippen LogP contribution in [0, 0.1) is 5.92 Å². The Bertz CT molecular complexity index is 464. The van der Waals surface area contributed by atoms with E-state index in [1.165, 1.54) is 0 Å². The maximum absolute atomic E-state index is 12.7. The molecule has 1 amide bonds. The van der Waals surface area contributed by atoms with Crippen molar-refractivity contribution >= 4 is 5.91 Å². The van der Waals surface area contributed by atoms with Crippen molar-refractivity contribution in [1.29, 1.82) is 0 Å². The lowest BCUT2D eigenvalue weighted by atomic mass is 9.92. The molecule has 2 aliphatic rings. The van der Waals surface area contributed by atoms with Crippen molar-refractivity contribution in [3.8, 4) is 0 Å². The lowest BCUT2D eigenvalue weighted by molar-refractivity contribution is -0.136. The number of hydrogen-bond acceptors (Lipinski definition) is 4. The molecule has 5 heteroatoms. The summed E-state index contributed by atoms with van der Waals surface area (Å²) in [4.78, 5) is 14.7. The molecule has 2 aliphatic heterocycles.